The van der Waals surface area contributed by atoms with Crippen molar-refractivity contribution in [2.45, 2.75) is 51.7 Å². The first-order chi connectivity index (χ1) is 11.1. The average Bonchev–Trinajstić information content (AvgIpc) is 2.79. The lowest BCUT2D eigenvalue weighted by Crippen LogP contribution is -2.42. The van der Waals surface area contributed by atoms with Crippen molar-refractivity contribution in [3.05, 3.63) is 23.9 Å². The number of carbonyl (C=O) groups is 1. The van der Waals surface area contributed by atoms with Crippen molar-refractivity contribution in [3.8, 4) is 0 Å². The lowest BCUT2D eigenvalue weighted by Gasteiger charge is -2.28. The van der Waals surface area contributed by atoms with Crippen molar-refractivity contribution >= 4 is 22.0 Å². The van der Waals surface area contributed by atoms with Crippen LogP contribution < -0.4 is 4.90 Å². The highest BCUT2D eigenvalue weighted by molar-refractivity contribution is 7.85. The topological polar surface area (TPSA) is 85.8 Å². The van der Waals surface area contributed by atoms with Crippen molar-refractivity contribution in [1.29, 1.82) is 0 Å². The van der Waals surface area contributed by atoms with E-state index in [1.165, 1.54) is 0 Å². The second kappa shape index (κ2) is 7.06. The number of nitrogens with zero attached hydrogens (tertiary/aromatic N) is 2. The van der Waals surface area contributed by atoms with E-state index in [4.69, 9.17) is 8.92 Å². The van der Waals surface area contributed by atoms with Crippen LogP contribution in [0.3, 0.4) is 0 Å². The lowest BCUT2D eigenvalue weighted by molar-refractivity contribution is 0.0566. The third kappa shape index (κ3) is 5.17. The number of pyridine rings is 1. The number of hydrogen-bond acceptors (Lipinski definition) is 6. The Hall–Kier alpha value is -1.67. The Morgan fingerprint density at radius 1 is 1.42 bits per heavy atom. The smallest absolute Gasteiger partial charge is 0.416 e. The molecule has 0 N–H and O–H groups in total. The molecule has 0 spiro atoms. The van der Waals surface area contributed by atoms with Gasteiger partial charge in [-0.2, -0.15) is 8.42 Å². The van der Waals surface area contributed by atoms with E-state index in [2.05, 4.69) is 4.98 Å². The maximum Gasteiger partial charge on any atom is 0.416 e. The van der Waals surface area contributed by atoms with E-state index in [-0.39, 0.29) is 12.6 Å². The van der Waals surface area contributed by atoms with Gasteiger partial charge < -0.3 is 4.74 Å². The Morgan fingerprint density at radius 2 is 2.12 bits per heavy atom. The van der Waals surface area contributed by atoms with Crippen LogP contribution in [0, 0.1) is 0 Å². The minimum Gasteiger partial charge on any atom is -0.443 e. The largest absolute Gasteiger partial charge is 0.443 e. The number of rotatable bonds is 5. The molecule has 1 aliphatic heterocycles. The molecule has 1 unspecified atom stereocenters. The molecule has 0 saturated heterocycles. The zero-order chi connectivity index (χ0) is 18.0. The fourth-order valence-corrected chi connectivity index (χ4v) is 3.05. The summed E-state index contributed by atoms with van der Waals surface area (Å²) in [6.07, 6.45) is 4.02. The molecule has 2 heterocycles. The zero-order valence-electron chi connectivity index (χ0n) is 14.5. The molecule has 134 valence electrons. The van der Waals surface area contributed by atoms with Crippen LogP contribution in [-0.4, -0.2) is 44.0 Å². The van der Waals surface area contributed by atoms with E-state index < -0.39 is 21.8 Å². The second-order valence-corrected chi connectivity index (χ2v) is 8.51. The fourth-order valence-electron chi connectivity index (χ4n) is 2.63. The van der Waals surface area contributed by atoms with Gasteiger partial charge in [-0.15, -0.1) is 0 Å². The average molecular weight is 356 g/mol. The molecule has 7 nitrogen and oxygen atoms in total. The first kappa shape index (κ1) is 18.7. The summed E-state index contributed by atoms with van der Waals surface area (Å²) in [4.78, 5) is 18.4. The lowest BCUT2D eigenvalue weighted by atomic mass is 10.1. The summed E-state index contributed by atoms with van der Waals surface area (Å²) in [5.74, 6) is 0.612. The molecule has 2 rings (SSSR count). The molecule has 1 amide bonds. The fraction of sp³-hybridized carbons (Fsp3) is 0.625. The molecule has 0 bridgehead atoms. The number of aromatic nitrogens is 1. The summed E-state index contributed by atoms with van der Waals surface area (Å²) < 4.78 is 32.3. The van der Waals surface area contributed by atoms with E-state index in [0.717, 1.165) is 11.8 Å². The third-order valence-corrected chi connectivity index (χ3v) is 4.08. The number of fused-ring (bicyclic) bond motifs is 1. The molecule has 0 aliphatic carbocycles. The van der Waals surface area contributed by atoms with Gasteiger partial charge in [0.15, 0.2) is 0 Å². The standard InChI is InChI=1S/C16H24N2O5S/c1-16(2,3)23-15(19)18-13(8-6-10-22-24(4,20)21)11-12-7-5-9-17-14(12)18/h5,7,9,13H,6,8,10-11H2,1-4H3. The van der Waals surface area contributed by atoms with Gasteiger partial charge >= 0.3 is 6.09 Å². The van der Waals surface area contributed by atoms with E-state index in [1.54, 1.807) is 11.1 Å². The van der Waals surface area contributed by atoms with Crippen LogP contribution in [0.25, 0.3) is 0 Å². The maximum absolute atomic E-state index is 12.6. The van der Waals surface area contributed by atoms with Crippen LogP contribution in [0.15, 0.2) is 18.3 Å². The van der Waals surface area contributed by atoms with Crippen LogP contribution in [0.5, 0.6) is 0 Å². The van der Waals surface area contributed by atoms with Gasteiger partial charge in [0, 0.05) is 12.2 Å². The van der Waals surface area contributed by atoms with Crippen LogP contribution in [0.1, 0.15) is 39.2 Å². The van der Waals surface area contributed by atoms with Crippen LogP contribution in [0.4, 0.5) is 10.6 Å². The molecule has 1 atom stereocenters. The zero-order valence-corrected chi connectivity index (χ0v) is 15.3. The molecule has 0 fully saturated rings. The van der Waals surface area contributed by atoms with Crippen molar-refractivity contribution < 1.29 is 22.1 Å². The third-order valence-electron chi connectivity index (χ3n) is 3.49. The highest BCUT2D eigenvalue weighted by Crippen LogP contribution is 2.33. The van der Waals surface area contributed by atoms with Crippen LogP contribution >= 0.6 is 0 Å². The highest BCUT2D eigenvalue weighted by atomic mass is 32.2. The van der Waals surface area contributed by atoms with Crippen molar-refractivity contribution in [3.63, 3.8) is 0 Å². The summed E-state index contributed by atoms with van der Waals surface area (Å²) in [5, 5.41) is 0. The molecule has 8 heteroatoms. The number of amides is 1. The number of carbonyl (C=O) groups excluding carboxylic acids is 1. The number of anilines is 1. The second-order valence-electron chi connectivity index (χ2n) is 6.86. The summed E-state index contributed by atoms with van der Waals surface area (Å²) in [7, 11) is -3.44. The van der Waals surface area contributed by atoms with Gasteiger partial charge in [0.2, 0.25) is 0 Å². The predicted molar refractivity (Wildman–Crippen MR) is 90.5 cm³/mol. The molecule has 1 aromatic heterocycles. The van der Waals surface area contributed by atoms with Crippen molar-refractivity contribution in [2.24, 2.45) is 0 Å². The SMILES string of the molecule is CC(C)(C)OC(=O)N1c2ncccc2CC1CCCOS(C)(=O)=O. The summed E-state index contributed by atoms with van der Waals surface area (Å²) in [6.45, 7) is 5.54. The first-order valence-corrected chi connectivity index (χ1v) is 9.69. The predicted octanol–water partition coefficient (Wildman–Crippen LogP) is 2.50. The van der Waals surface area contributed by atoms with Crippen molar-refractivity contribution in [1.82, 2.24) is 4.98 Å². The Bertz CT molecular complexity index is 697. The first-order valence-electron chi connectivity index (χ1n) is 7.87. The number of ether oxygens (including phenoxy) is 1. The van der Waals surface area contributed by atoms with Gasteiger partial charge in [-0.1, -0.05) is 6.07 Å². The molecular formula is C16H24N2O5S. The highest BCUT2D eigenvalue weighted by Gasteiger charge is 2.37. The molecule has 0 saturated carbocycles. The van der Waals surface area contributed by atoms with Gasteiger partial charge in [0.1, 0.15) is 11.4 Å². The maximum atomic E-state index is 12.6. The molecular weight excluding hydrogens is 332 g/mol. The van der Waals surface area contributed by atoms with Gasteiger partial charge in [0.25, 0.3) is 10.1 Å². The quantitative estimate of drug-likeness (QED) is 0.595. The van der Waals surface area contributed by atoms with E-state index in [0.29, 0.717) is 25.1 Å². The van der Waals surface area contributed by atoms with Gasteiger partial charge in [-0.25, -0.2) is 9.78 Å². The number of hydrogen-bond donors (Lipinski definition) is 0. The summed E-state index contributed by atoms with van der Waals surface area (Å²) in [5.41, 5.74) is 0.385. The van der Waals surface area contributed by atoms with Gasteiger partial charge in [-0.05, 0) is 51.7 Å². The minimum atomic E-state index is -3.44. The van der Waals surface area contributed by atoms with E-state index in [1.807, 2.05) is 32.9 Å². The van der Waals surface area contributed by atoms with Gasteiger partial charge in [0.05, 0.1) is 12.9 Å². The Kier molecular flexibility index (Phi) is 5.49. The van der Waals surface area contributed by atoms with E-state index in [9.17, 15) is 13.2 Å². The van der Waals surface area contributed by atoms with Crippen LogP contribution in [0.2, 0.25) is 0 Å². The normalized spacial score (nSPS) is 17.7. The van der Waals surface area contributed by atoms with Crippen LogP contribution in [-0.2, 0) is 25.5 Å². The Labute approximate surface area is 143 Å². The van der Waals surface area contributed by atoms with E-state index >= 15 is 0 Å². The monoisotopic (exact) mass is 356 g/mol. The molecule has 0 aromatic carbocycles. The van der Waals surface area contributed by atoms with Gasteiger partial charge in [-0.3, -0.25) is 9.08 Å². The molecule has 24 heavy (non-hydrogen) atoms. The van der Waals surface area contributed by atoms with Crippen molar-refractivity contribution in [2.75, 3.05) is 17.8 Å². The molecule has 0 radical (unpaired) electrons. The Morgan fingerprint density at radius 3 is 2.75 bits per heavy atom. The minimum absolute atomic E-state index is 0.0985. The molecule has 1 aliphatic rings. The molecule has 1 aromatic rings. The summed E-state index contributed by atoms with van der Waals surface area (Å²) >= 11 is 0. The summed E-state index contributed by atoms with van der Waals surface area (Å²) in [6, 6.07) is 3.65. The Balaban J connectivity index is 2.08.